The van der Waals surface area contributed by atoms with Crippen LogP contribution in [0.3, 0.4) is 0 Å². The van der Waals surface area contributed by atoms with E-state index in [0.29, 0.717) is 30.0 Å². The molecule has 1 atom stereocenters. The van der Waals surface area contributed by atoms with E-state index < -0.39 is 0 Å². The summed E-state index contributed by atoms with van der Waals surface area (Å²) in [5, 5.41) is 0. The topological polar surface area (TPSA) is 34.1 Å². The maximum Gasteiger partial charge on any atom is 0.132 e. The fraction of sp³-hybridized carbons (Fsp3) is 0.900. The van der Waals surface area contributed by atoms with E-state index in [2.05, 4.69) is 6.92 Å². The molecule has 2 aliphatic rings. The molecule has 126 valence electrons. The lowest BCUT2D eigenvalue weighted by molar-refractivity contribution is -0.124. The van der Waals surface area contributed by atoms with Crippen LogP contribution in [0.5, 0.6) is 0 Å². The summed E-state index contributed by atoms with van der Waals surface area (Å²) < 4.78 is 0. The second kappa shape index (κ2) is 8.26. The van der Waals surface area contributed by atoms with Gasteiger partial charge in [-0.3, -0.25) is 4.79 Å². The average molecular weight is 306 g/mol. The van der Waals surface area contributed by atoms with Gasteiger partial charge in [-0.2, -0.15) is 0 Å². The second-order valence-corrected chi connectivity index (χ2v) is 7.97. The van der Waals surface area contributed by atoms with Crippen molar-refractivity contribution in [3.05, 3.63) is 0 Å². The van der Waals surface area contributed by atoms with Gasteiger partial charge in [0.15, 0.2) is 0 Å². The Bertz CT molecular complexity index is 362. The van der Waals surface area contributed by atoms with Crippen molar-refractivity contribution in [1.82, 2.24) is 0 Å². The Balaban J connectivity index is 1.85. The maximum atomic E-state index is 11.9. The first kappa shape index (κ1) is 17.7. The van der Waals surface area contributed by atoms with Gasteiger partial charge in [0.25, 0.3) is 0 Å². The van der Waals surface area contributed by atoms with E-state index >= 15 is 0 Å². The Morgan fingerprint density at radius 2 is 1.59 bits per heavy atom. The minimum atomic E-state index is -0.0926. The zero-order valence-electron chi connectivity index (χ0n) is 14.6. The van der Waals surface area contributed by atoms with Crippen LogP contribution >= 0.6 is 0 Å². The molecule has 22 heavy (non-hydrogen) atoms. The third-order valence-electron chi connectivity index (χ3n) is 6.69. The number of carbonyl (C=O) groups excluding carboxylic acids is 2. The fourth-order valence-electron chi connectivity index (χ4n) is 4.87. The molecular formula is C20H34O2. The van der Waals surface area contributed by atoms with Crippen LogP contribution in [0.2, 0.25) is 0 Å². The van der Waals surface area contributed by atoms with E-state index in [-0.39, 0.29) is 5.41 Å². The molecule has 2 heteroatoms. The molecule has 0 aromatic carbocycles. The van der Waals surface area contributed by atoms with Crippen molar-refractivity contribution < 1.29 is 9.59 Å². The van der Waals surface area contributed by atoms with Crippen LogP contribution < -0.4 is 0 Å². The first-order valence-electron chi connectivity index (χ1n) is 9.58. The third kappa shape index (κ3) is 4.20. The van der Waals surface area contributed by atoms with Gasteiger partial charge in [0, 0.05) is 18.3 Å². The largest absolute Gasteiger partial charge is 0.303 e. The summed E-state index contributed by atoms with van der Waals surface area (Å²) in [4.78, 5) is 23.4. The van der Waals surface area contributed by atoms with Gasteiger partial charge in [-0.15, -0.1) is 0 Å². The summed E-state index contributed by atoms with van der Waals surface area (Å²) in [6.45, 7) is 4.19. The van der Waals surface area contributed by atoms with Gasteiger partial charge < -0.3 is 4.79 Å². The SMILES string of the molecule is CCC(=O)CC[C@H]1CC[C@H](C(C)(C=O)C2CCCCC2)CC1. The van der Waals surface area contributed by atoms with Crippen LogP contribution in [0.15, 0.2) is 0 Å². The van der Waals surface area contributed by atoms with E-state index in [1.54, 1.807) is 0 Å². The molecule has 2 rings (SSSR count). The molecule has 2 fully saturated rings. The molecule has 2 saturated carbocycles. The van der Waals surface area contributed by atoms with Crippen molar-refractivity contribution in [2.45, 2.75) is 90.9 Å². The molecule has 0 bridgehead atoms. The Morgan fingerprint density at radius 1 is 1.00 bits per heavy atom. The van der Waals surface area contributed by atoms with Gasteiger partial charge in [0.2, 0.25) is 0 Å². The normalized spacial score (nSPS) is 29.7. The summed E-state index contributed by atoms with van der Waals surface area (Å²) in [6.07, 6.45) is 15.1. The molecule has 2 nitrogen and oxygen atoms in total. The van der Waals surface area contributed by atoms with Crippen molar-refractivity contribution in [3.8, 4) is 0 Å². The predicted molar refractivity (Wildman–Crippen MR) is 90.7 cm³/mol. The van der Waals surface area contributed by atoms with Gasteiger partial charge in [-0.05, 0) is 49.9 Å². The van der Waals surface area contributed by atoms with Gasteiger partial charge in [0.1, 0.15) is 12.1 Å². The Hall–Kier alpha value is -0.660. The number of hydrogen-bond acceptors (Lipinski definition) is 2. The zero-order chi connectivity index (χ0) is 16.0. The number of ketones is 1. The summed E-state index contributed by atoms with van der Waals surface area (Å²) in [5.41, 5.74) is -0.0926. The van der Waals surface area contributed by atoms with Crippen LogP contribution in [0.1, 0.15) is 90.9 Å². The van der Waals surface area contributed by atoms with Crippen molar-refractivity contribution in [1.29, 1.82) is 0 Å². The highest BCUT2D eigenvalue weighted by atomic mass is 16.1. The van der Waals surface area contributed by atoms with Gasteiger partial charge in [-0.25, -0.2) is 0 Å². The van der Waals surface area contributed by atoms with E-state index in [4.69, 9.17) is 0 Å². The highest BCUT2D eigenvalue weighted by molar-refractivity contribution is 5.77. The molecule has 1 unspecified atom stereocenters. The van der Waals surface area contributed by atoms with Crippen molar-refractivity contribution in [3.63, 3.8) is 0 Å². The van der Waals surface area contributed by atoms with E-state index in [9.17, 15) is 9.59 Å². The molecule has 2 aliphatic carbocycles. The Kier molecular flexibility index (Phi) is 6.65. The van der Waals surface area contributed by atoms with Crippen LogP contribution in [0.4, 0.5) is 0 Å². The summed E-state index contributed by atoms with van der Waals surface area (Å²) in [5.74, 6) is 2.31. The smallest absolute Gasteiger partial charge is 0.132 e. The van der Waals surface area contributed by atoms with Crippen LogP contribution in [0, 0.1) is 23.2 Å². The van der Waals surface area contributed by atoms with Crippen molar-refractivity contribution in [2.24, 2.45) is 23.2 Å². The summed E-state index contributed by atoms with van der Waals surface area (Å²) in [6, 6.07) is 0. The lowest BCUT2D eigenvalue weighted by atomic mass is 9.59. The summed E-state index contributed by atoms with van der Waals surface area (Å²) >= 11 is 0. The summed E-state index contributed by atoms with van der Waals surface area (Å²) in [7, 11) is 0. The number of rotatable bonds is 7. The third-order valence-corrected chi connectivity index (χ3v) is 6.69. The molecule has 0 aromatic heterocycles. The number of carbonyl (C=O) groups is 2. The molecule has 0 amide bonds. The first-order valence-corrected chi connectivity index (χ1v) is 9.58. The monoisotopic (exact) mass is 306 g/mol. The minimum absolute atomic E-state index is 0.0926. The second-order valence-electron chi connectivity index (χ2n) is 7.97. The quantitative estimate of drug-likeness (QED) is 0.595. The Morgan fingerprint density at radius 3 is 2.14 bits per heavy atom. The van der Waals surface area contributed by atoms with Crippen molar-refractivity contribution in [2.75, 3.05) is 0 Å². The zero-order valence-corrected chi connectivity index (χ0v) is 14.6. The molecule has 0 N–H and O–H groups in total. The number of aldehydes is 1. The maximum absolute atomic E-state index is 11.9. The lowest BCUT2D eigenvalue weighted by Gasteiger charge is -2.44. The van der Waals surface area contributed by atoms with Gasteiger partial charge >= 0.3 is 0 Å². The van der Waals surface area contributed by atoms with Crippen LogP contribution in [-0.2, 0) is 9.59 Å². The molecular weight excluding hydrogens is 272 g/mol. The highest BCUT2D eigenvalue weighted by Crippen LogP contribution is 2.48. The number of Topliss-reactive ketones (excluding diaryl/α,β-unsaturated/α-hetero) is 1. The van der Waals surface area contributed by atoms with E-state index in [1.807, 2.05) is 6.92 Å². The van der Waals surface area contributed by atoms with E-state index in [1.165, 1.54) is 64.1 Å². The Labute approximate surface area is 136 Å². The molecule has 0 radical (unpaired) electrons. The molecule has 0 aliphatic heterocycles. The molecule has 0 spiro atoms. The van der Waals surface area contributed by atoms with Crippen molar-refractivity contribution >= 4 is 12.1 Å². The fourth-order valence-corrected chi connectivity index (χ4v) is 4.87. The molecule has 0 aromatic rings. The van der Waals surface area contributed by atoms with Gasteiger partial charge in [-0.1, -0.05) is 46.0 Å². The van der Waals surface area contributed by atoms with Crippen LogP contribution in [-0.4, -0.2) is 12.1 Å². The lowest BCUT2D eigenvalue weighted by Crippen LogP contribution is -2.40. The highest BCUT2D eigenvalue weighted by Gasteiger charge is 2.42. The van der Waals surface area contributed by atoms with Gasteiger partial charge in [0.05, 0.1) is 0 Å². The minimum Gasteiger partial charge on any atom is -0.303 e. The number of hydrogen-bond donors (Lipinski definition) is 0. The van der Waals surface area contributed by atoms with E-state index in [0.717, 1.165) is 12.8 Å². The predicted octanol–water partition coefficient (Wildman–Crippen LogP) is 5.34. The molecule has 0 heterocycles. The standard InChI is InChI=1S/C20H34O2/c1-3-19(22)14-11-16-9-12-18(13-10-16)20(2,15-21)17-7-5-4-6-8-17/h15-18H,3-14H2,1-2H3/t16-,18-,20?. The average Bonchev–Trinajstić information content (AvgIpc) is 2.60. The molecule has 0 saturated heterocycles. The first-order chi connectivity index (χ1) is 10.6. The van der Waals surface area contributed by atoms with Crippen LogP contribution in [0.25, 0.3) is 0 Å².